The molecule has 43 heavy (non-hydrogen) atoms. The fourth-order valence-electron chi connectivity index (χ4n) is 5.35. The van der Waals surface area contributed by atoms with E-state index in [4.69, 9.17) is 32.8 Å². The van der Waals surface area contributed by atoms with Crippen molar-refractivity contribution in [3.63, 3.8) is 0 Å². The molecule has 3 aromatic rings. The van der Waals surface area contributed by atoms with Crippen molar-refractivity contribution < 1.29 is 68.6 Å². The molecular weight excluding hydrogens is 576 g/mol. The van der Waals surface area contributed by atoms with Gasteiger partial charge in [-0.1, -0.05) is 0 Å². The molecule has 0 radical (unpaired) electrons. The molecule has 2 fully saturated rings. The third kappa shape index (κ3) is 5.48. The maximum Gasteiger partial charge on any atom is 0.347 e. The van der Waals surface area contributed by atoms with Gasteiger partial charge in [0.25, 0.3) is 0 Å². The van der Waals surface area contributed by atoms with Crippen LogP contribution in [0.1, 0.15) is 12.7 Å². The minimum Gasteiger partial charge on any atom is -0.506 e. The number of aliphatic hydroxyl groups excluding tert-OH is 6. The smallest absolute Gasteiger partial charge is 0.347 e. The Morgan fingerprint density at radius 2 is 1.44 bits per heavy atom. The van der Waals surface area contributed by atoms with Gasteiger partial charge in [0.15, 0.2) is 6.29 Å². The van der Waals surface area contributed by atoms with E-state index in [1.165, 1.54) is 33.3 Å². The van der Waals surface area contributed by atoms with Crippen LogP contribution >= 0.6 is 0 Å². The lowest BCUT2D eigenvalue weighted by Gasteiger charge is -2.42. The average molecular weight is 611 g/mol. The van der Waals surface area contributed by atoms with E-state index in [0.717, 1.165) is 0 Å². The van der Waals surface area contributed by atoms with E-state index in [0.29, 0.717) is 0 Å². The van der Waals surface area contributed by atoms with Gasteiger partial charge in [-0.15, -0.1) is 0 Å². The van der Waals surface area contributed by atoms with Gasteiger partial charge in [-0.05, 0) is 26.0 Å². The molecule has 7 N–H and O–H groups in total. The van der Waals surface area contributed by atoms with E-state index < -0.39 is 79.4 Å². The summed E-state index contributed by atoms with van der Waals surface area (Å²) < 4.78 is 38.8. The minimum atomic E-state index is -1.81. The number of phenols is 1. The molecule has 2 aliphatic rings. The SMILES string of the molecule is COc1cc(OC2OC(COC3OC(C)C(O)C(O)C3O)C(O)C(O)C2O)c2c(O)c3c(=O)oc(C)cc3c(OC)c2c1. The molecule has 0 saturated carbocycles. The summed E-state index contributed by atoms with van der Waals surface area (Å²) in [6, 6.07) is 4.42. The molecule has 15 heteroatoms. The summed E-state index contributed by atoms with van der Waals surface area (Å²) in [7, 11) is 2.76. The van der Waals surface area contributed by atoms with Crippen molar-refractivity contribution in [2.24, 2.45) is 0 Å². The van der Waals surface area contributed by atoms with Crippen LogP contribution in [0.3, 0.4) is 0 Å². The highest BCUT2D eigenvalue weighted by Gasteiger charge is 2.47. The van der Waals surface area contributed by atoms with Crippen molar-refractivity contribution in [2.75, 3.05) is 20.8 Å². The number of hydrogen-bond donors (Lipinski definition) is 7. The quantitative estimate of drug-likeness (QED) is 0.159. The summed E-state index contributed by atoms with van der Waals surface area (Å²) in [5.74, 6) is 0.0580. The second kappa shape index (κ2) is 12.0. The number of aliphatic hydroxyl groups is 6. The van der Waals surface area contributed by atoms with E-state index in [1.54, 1.807) is 13.0 Å². The number of methoxy groups -OCH3 is 2. The predicted octanol–water partition coefficient (Wildman–Crippen LogP) is -0.992. The molecule has 0 bridgehead atoms. The van der Waals surface area contributed by atoms with E-state index in [1.807, 2.05) is 0 Å². The van der Waals surface area contributed by atoms with Crippen molar-refractivity contribution in [1.82, 2.24) is 0 Å². The number of hydrogen-bond acceptors (Lipinski definition) is 15. The fraction of sp³-hybridized carbons (Fsp3) is 0.536. The van der Waals surface area contributed by atoms with Gasteiger partial charge in [0.1, 0.15) is 76.9 Å². The highest BCUT2D eigenvalue weighted by Crippen LogP contribution is 2.47. The van der Waals surface area contributed by atoms with Gasteiger partial charge < -0.3 is 68.6 Å². The molecule has 2 saturated heterocycles. The zero-order chi connectivity index (χ0) is 31.3. The Morgan fingerprint density at radius 1 is 0.791 bits per heavy atom. The number of rotatable bonds is 7. The Bertz CT molecular complexity index is 1540. The summed E-state index contributed by atoms with van der Waals surface area (Å²) in [6.07, 6.45) is -15.2. The third-order valence-electron chi connectivity index (χ3n) is 7.70. The van der Waals surface area contributed by atoms with Crippen LogP contribution in [0, 0.1) is 6.92 Å². The molecule has 3 heterocycles. The van der Waals surface area contributed by atoms with E-state index >= 15 is 0 Å². The van der Waals surface area contributed by atoms with Crippen LogP contribution in [0.5, 0.6) is 23.0 Å². The van der Waals surface area contributed by atoms with Crippen molar-refractivity contribution in [2.45, 2.75) is 75.3 Å². The molecule has 2 aromatic carbocycles. The van der Waals surface area contributed by atoms with Crippen LogP contribution in [0.4, 0.5) is 0 Å². The second-order valence-electron chi connectivity index (χ2n) is 10.5. The number of aromatic hydroxyl groups is 1. The highest BCUT2D eigenvalue weighted by atomic mass is 16.7. The average Bonchev–Trinajstić information content (AvgIpc) is 2.97. The Kier molecular flexibility index (Phi) is 8.72. The Morgan fingerprint density at radius 3 is 2.12 bits per heavy atom. The molecule has 0 amide bonds. The molecule has 15 nitrogen and oxygen atoms in total. The van der Waals surface area contributed by atoms with Gasteiger partial charge in [-0.3, -0.25) is 0 Å². The zero-order valence-electron chi connectivity index (χ0n) is 23.6. The summed E-state index contributed by atoms with van der Waals surface area (Å²) >= 11 is 0. The fourth-order valence-corrected chi connectivity index (χ4v) is 5.35. The summed E-state index contributed by atoms with van der Waals surface area (Å²) in [6.45, 7) is 2.52. The highest BCUT2D eigenvalue weighted by molar-refractivity contribution is 6.13. The number of aryl methyl sites for hydroxylation is 1. The molecule has 1 aromatic heterocycles. The summed E-state index contributed by atoms with van der Waals surface area (Å²) in [5, 5.41) is 73.7. The Balaban J connectivity index is 1.50. The van der Waals surface area contributed by atoms with Crippen molar-refractivity contribution in [3.05, 3.63) is 34.4 Å². The van der Waals surface area contributed by atoms with Crippen LogP contribution in [0.25, 0.3) is 21.5 Å². The number of ether oxygens (including phenoxy) is 6. The van der Waals surface area contributed by atoms with Crippen LogP contribution in [0.2, 0.25) is 0 Å². The molecule has 0 aliphatic carbocycles. The number of fused-ring (bicyclic) bond motifs is 2. The summed E-state index contributed by atoms with van der Waals surface area (Å²) in [4.78, 5) is 12.8. The van der Waals surface area contributed by atoms with Crippen molar-refractivity contribution in [3.8, 4) is 23.0 Å². The van der Waals surface area contributed by atoms with E-state index in [9.17, 15) is 40.5 Å². The first-order valence-electron chi connectivity index (χ1n) is 13.4. The van der Waals surface area contributed by atoms with Gasteiger partial charge in [-0.25, -0.2) is 4.79 Å². The van der Waals surface area contributed by atoms with Crippen molar-refractivity contribution in [1.29, 1.82) is 0 Å². The lowest BCUT2D eigenvalue weighted by molar-refractivity contribution is -0.318. The van der Waals surface area contributed by atoms with Crippen molar-refractivity contribution >= 4 is 21.5 Å². The predicted molar refractivity (Wildman–Crippen MR) is 145 cm³/mol. The van der Waals surface area contributed by atoms with Crippen LogP contribution in [0.15, 0.2) is 27.4 Å². The number of phenolic OH excluding ortho intramolecular Hbond substituents is 1. The van der Waals surface area contributed by atoms with E-state index in [-0.39, 0.29) is 44.6 Å². The van der Waals surface area contributed by atoms with Gasteiger partial charge in [0.2, 0.25) is 6.29 Å². The van der Waals surface area contributed by atoms with E-state index in [2.05, 4.69) is 0 Å². The van der Waals surface area contributed by atoms with Gasteiger partial charge in [-0.2, -0.15) is 0 Å². The summed E-state index contributed by atoms with van der Waals surface area (Å²) in [5.41, 5.74) is -0.835. The maximum atomic E-state index is 12.8. The lowest BCUT2D eigenvalue weighted by Crippen LogP contribution is -2.61. The molecule has 5 rings (SSSR count). The maximum absolute atomic E-state index is 12.8. The first-order chi connectivity index (χ1) is 20.4. The number of benzene rings is 2. The van der Waals surface area contributed by atoms with Crippen LogP contribution < -0.4 is 19.8 Å². The standard InChI is InChI=1S/C28H34O15/c1-9-5-12-17(26(36)40-9)20(31)16-13(25(12)38-4)6-11(37-3)7-14(16)42-28-24(35)22(33)19(30)15(43-28)8-39-27-23(34)21(32)18(29)10(2)41-27/h5-7,10,15,18-19,21-24,27-35H,8H2,1-4H3. The minimum absolute atomic E-state index is 0.0224. The largest absolute Gasteiger partial charge is 0.506 e. The lowest BCUT2D eigenvalue weighted by atomic mass is 9.98. The van der Waals surface area contributed by atoms with Gasteiger partial charge in [0.05, 0.1) is 32.3 Å². The normalized spacial score (nSPS) is 33.1. The zero-order valence-corrected chi connectivity index (χ0v) is 23.6. The van der Waals surface area contributed by atoms with Crippen LogP contribution in [-0.4, -0.2) is 118 Å². The first kappa shape index (κ1) is 31.2. The molecule has 10 atom stereocenters. The van der Waals surface area contributed by atoms with Gasteiger partial charge in [0, 0.05) is 16.8 Å². The Hall–Kier alpha value is -3.25. The first-order valence-corrected chi connectivity index (χ1v) is 13.4. The van der Waals surface area contributed by atoms with Crippen LogP contribution in [-0.2, 0) is 14.2 Å². The Labute approximate surface area is 243 Å². The van der Waals surface area contributed by atoms with Gasteiger partial charge >= 0.3 is 5.63 Å². The second-order valence-corrected chi connectivity index (χ2v) is 10.5. The molecule has 0 spiro atoms. The molecular formula is C28H34O15. The third-order valence-corrected chi connectivity index (χ3v) is 7.70. The topological polar surface area (TPSA) is 227 Å². The monoisotopic (exact) mass is 610 g/mol. The molecule has 10 unspecified atom stereocenters. The molecule has 2 aliphatic heterocycles. The molecule has 236 valence electrons.